The van der Waals surface area contributed by atoms with Crippen LogP contribution in [0, 0.1) is 0 Å². The van der Waals surface area contributed by atoms with E-state index in [0.29, 0.717) is 12.2 Å². The maximum Gasteiger partial charge on any atom is 0.416 e. The van der Waals surface area contributed by atoms with Crippen molar-refractivity contribution >= 4 is 5.69 Å². The molecular weight excluding hydrogens is 265 g/mol. The lowest BCUT2D eigenvalue weighted by Gasteiger charge is -2.30. The predicted octanol–water partition coefficient (Wildman–Crippen LogP) is 4.05. The molecule has 0 saturated carbocycles. The molecule has 0 spiro atoms. The number of hydrogen-bond acceptors (Lipinski definition) is 2. The van der Waals surface area contributed by atoms with Crippen molar-refractivity contribution < 1.29 is 13.2 Å². The van der Waals surface area contributed by atoms with Gasteiger partial charge in [-0.15, -0.1) is 0 Å². The number of nitrogens with one attached hydrogen (secondary N) is 1. The Morgan fingerprint density at radius 3 is 2.35 bits per heavy atom. The highest BCUT2D eigenvalue weighted by Crippen LogP contribution is 2.35. The summed E-state index contributed by atoms with van der Waals surface area (Å²) in [6.45, 7) is 6.93. The van der Waals surface area contributed by atoms with Gasteiger partial charge in [-0.05, 0) is 45.0 Å². The zero-order valence-corrected chi connectivity index (χ0v) is 12.5. The maximum atomic E-state index is 13.2. The Morgan fingerprint density at radius 1 is 1.25 bits per heavy atom. The van der Waals surface area contributed by atoms with Gasteiger partial charge in [0.15, 0.2) is 0 Å². The van der Waals surface area contributed by atoms with E-state index in [4.69, 9.17) is 0 Å². The van der Waals surface area contributed by atoms with Gasteiger partial charge in [0.25, 0.3) is 0 Å². The largest absolute Gasteiger partial charge is 0.416 e. The van der Waals surface area contributed by atoms with Gasteiger partial charge in [-0.2, -0.15) is 13.2 Å². The third-order valence-corrected chi connectivity index (χ3v) is 3.56. The Hall–Kier alpha value is -1.23. The summed E-state index contributed by atoms with van der Waals surface area (Å²) in [5.74, 6) is 0. The fraction of sp³-hybridized carbons (Fsp3) is 0.600. The third kappa shape index (κ3) is 3.88. The predicted molar refractivity (Wildman–Crippen MR) is 77.0 cm³/mol. The molecule has 1 atom stereocenters. The topological polar surface area (TPSA) is 15.3 Å². The molecule has 0 aromatic heterocycles. The Balaban J connectivity index is 3.24. The van der Waals surface area contributed by atoms with E-state index in [1.807, 2.05) is 25.7 Å². The minimum absolute atomic E-state index is 0.213. The van der Waals surface area contributed by atoms with Crippen LogP contribution >= 0.6 is 0 Å². The van der Waals surface area contributed by atoms with Gasteiger partial charge in [-0.25, -0.2) is 0 Å². The van der Waals surface area contributed by atoms with Gasteiger partial charge in [0.05, 0.1) is 5.56 Å². The zero-order chi connectivity index (χ0) is 15.3. The molecule has 0 saturated heterocycles. The Kier molecular flexibility index (Phi) is 5.87. The first-order valence-corrected chi connectivity index (χ1v) is 6.96. The lowest BCUT2D eigenvalue weighted by atomic mass is 10.0. The molecule has 1 unspecified atom stereocenters. The van der Waals surface area contributed by atoms with Crippen molar-refractivity contribution in [3.8, 4) is 0 Å². The second kappa shape index (κ2) is 6.97. The summed E-state index contributed by atoms with van der Waals surface area (Å²) in [5, 5.41) is 2.78. The number of nitrogens with zero attached hydrogens (tertiary/aromatic N) is 1. The molecule has 0 heterocycles. The number of hydrogen-bond donors (Lipinski definition) is 1. The van der Waals surface area contributed by atoms with Crippen LogP contribution in [0.4, 0.5) is 18.9 Å². The van der Waals surface area contributed by atoms with Crippen LogP contribution in [0.3, 0.4) is 0 Å². The van der Waals surface area contributed by atoms with Crippen LogP contribution in [0.15, 0.2) is 18.2 Å². The fourth-order valence-corrected chi connectivity index (χ4v) is 2.32. The second-order valence-electron chi connectivity index (χ2n) is 4.91. The normalized spacial score (nSPS) is 13.3. The summed E-state index contributed by atoms with van der Waals surface area (Å²) in [7, 11) is 1.64. The van der Waals surface area contributed by atoms with Gasteiger partial charge < -0.3 is 10.2 Å². The smallest absolute Gasteiger partial charge is 0.369 e. The monoisotopic (exact) mass is 288 g/mol. The lowest BCUT2D eigenvalue weighted by Crippen LogP contribution is -2.32. The van der Waals surface area contributed by atoms with Crippen molar-refractivity contribution in [1.29, 1.82) is 0 Å². The van der Waals surface area contributed by atoms with Crippen LogP contribution in [-0.2, 0) is 12.7 Å². The van der Waals surface area contributed by atoms with Gasteiger partial charge in [-0.1, -0.05) is 13.0 Å². The van der Waals surface area contributed by atoms with Gasteiger partial charge in [-0.3, -0.25) is 0 Å². The summed E-state index contributed by atoms with van der Waals surface area (Å²) in [6.07, 6.45) is -3.43. The number of rotatable bonds is 6. The van der Waals surface area contributed by atoms with Crippen LogP contribution < -0.4 is 10.2 Å². The van der Waals surface area contributed by atoms with Crippen molar-refractivity contribution in [3.05, 3.63) is 29.3 Å². The molecule has 1 rings (SSSR count). The van der Waals surface area contributed by atoms with E-state index in [1.165, 1.54) is 6.07 Å². The Bertz CT molecular complexity index is 430. The highest BCUT2D eigenvalue weighted by Gasteiger charge is 2.33. The van der Waals surface area contributed by atoms with Crippen molar-refractivity contribution in [2.24, 2.45) is 0 Å². The van der Waals surface area contributed by atoms with E-state index in [-0.39, 0.29) is 18.2 Å². The average molecular weight is 288 g/mol. The zero-order valence-electron chi connectivity index (χ0n) is 12.5. The molecule has 1 aromatic carbocycles. The number of halogens is 3. The summed E-state index contributed by atoms with van der Waals surface area (Å²) < 4.78 is 39.5. The molecule has 114 valence electrons. The summed E-state index contributed by atoms with van der Waals surface area (Å²) in [6, 6.07) is 4.83. The van der Waals surface area contributed by atoms with Gasteiger partial charge in [0.2, 0.25) is 0 Å². The van der Waals surface area contributed by atoms with E-state index in [2.05, 4.69) is 5.32 Å². The van der Waals surface area contributed by atoms with Gasteiger partial charge in [0, 0.05) is 24.8 Å². The molecule has 0 aliphatic rings. The Labute approximate surface area is 119 Å². The number of alkyl halides is 3. The molecule has 5 heteroatoms. The van der Waals surface area contributed by atoms with Crippen molar-refractivity contribution in [2.45, 2.75) is 46.0 Å². The first kappa shape index (κ1) is 16.8. The molecule has 0 radical (unpaired) electrons. The highest BCUT2D eigenvalue weighted by atomic mass is 19.4. The third-order valence-electron chi connectivity index (χ3n) is 3.56. The molecule has 0 bridgehead atoms. The average Bonchev–Trinajstić information content (AvgIpc) is 2.39. The van der Waals surface area contributed by atoms with E-state index in [1.54, 1.807) is 19.2 Å². The molecule has 0 amide bonds. The number of benzene rings is 1. The second-order valence-corrected chi connectivity index (χ2v) is 4.91. The molecule has 0 aliphatic heterocycles. The van der Waals surface area contributed by atoms with Gasteiger partial charge >= 0.3 is 6.18 Å². The molecular formula is C15H23F3N2. The van der Waals surface area contributed by atoms with Crippen LogP contribution in [0.5, 0.6) is 0 Å². The first-order chi connectivity index (χ1) is 9.35. The minimum Gasteiger partial charge on any atom is -0.369 e. The standard InChI is InChI=1S/C15H23F3N2/c1-5-11(3)20(6-2)13-8-7-12(10-19-4)14(9-13)15(16,17)18/h7-9,11,19H,5-6,10H2,1-4H3. The molecule has 1 N–H and O–H groups in total. The molecule has 0 fully saturated rings. The molecule has 1 aromatic rings. The minimum atomic E-state index is -4.32. The van der Waals surface area contributed by atoms with Gasteiger partial charge in [0.1, 0.15) is 0 Å². The first-order valence-electron chi connectivity index (χ1n) is 6.96. The summed E-state index contributed by atoms with van der Waals surface area (Å²) in [4.78, 5) is 2.00. The fourth-order valence-electron chi connectivity index (χ4n) is 2.32. The molecule has 2 nitrogen and oxygen atoms in total. The van der Waals surface area contributed by atoms with Crippen molar-refractivity contribution in [2.75, 3.05) is 18.5 Å². The van der Waals surface area contributed by atoms with E-state index in [0.717, 1.165) is 6.42 Å². The Morgan fingerprint density at radius 2 is 1.90 bits per heavy atom. The quantitative estimate of drug-likeness (QED) is 0.849. The van der Waals surface area contributed by atoms with Crippen LogP contribution in [-0.4, -0.2) is 19.6 Å². The molecule has 20 heavy (non-hydrogen) atoms. The number of anilines is 1. The van der Waals surface area contributed by atoms with Crippen LogP contribution in [0.1, 0.15) is 38.3 Å². The van der Waals surface area contributed by atoms with E-state index >= 15 is 0 Å². The van der Waals surface area contributed by atoms with E-state index in [9.17, 15) is 13.2 Å². The molecule has 0 aliphatic carbocycles. The van der Waals surface area contributed by atoms with Crippen molar-refractivity contribution in [3.63, 3.8) is 0 Å². The highest BCUT2D eigenvalue weighted by molar-refractivity contribution is 5.52. The van der Waals surface area contributed by atoms with Crippen molar-refractivity contribution in [1.82, 2.24) is 5.32 Å². The summed E-state index contributed by atoms with van der Waals surface area (Å²) in [5.41, 5.74) is 0.365. The maximum absolute atomic E-state index is 13.2. The summed E-state index contributed by atoms with van der Waals surface area (Å²) >= 11 is 0. The van der Waals surface area contributed by atoms with Crippen LogP contribution in [0.25, 0.3) is 0 Å². The lowest BCUT2D eigenvalue weighted by molar-refractivity contribution is -0.138. The van der Waals surface area contributed by atoms with E-state index < -0.39 is 11.7 Å². The SMILES string of the molecule is CCC(C)N(CC)c1ccc(CNC)c(C(F)(F)F)c1. The van der Waals surface area contributed by atoms with Crippen LogP contribution in [0.2, 0.25) is 0 Å².